The molecule has 2 amide bonds. The first kappa shape index (κ1) is 21.4. The van der Waals surface area contributed by atoms with E-state index < -0.39 is 11.8 Å². The van der Waals surface area contributed by atoms with Gasteiger partial charge in [0, 0.05) is 38.4 Å². The number of carbonyl (C=O) groups excluding carboxylic acids is 2. The Bertz CT molecular complexity index is 880. The van der Waals surface area contributed by atoms with Crippen LogP contribution in [-0.4, -0.2) is 63.7 Å². The first-order valence-corrected chi connectivity index (χ1v) is 9.80. The summed E-state index contributed by atoms with van der Waals surface area (Å²) in [7, 11) is 3.14. The summed E-state index contributed by atoms with van der Waals surface area (Å²) in [6, 6.07) is 11.8. The van der Waals surface area contributed by atoms with Crippen LogP contribution in [0.4, 0.5) is 10.1 Å². The molecule has 1 saturated heterocycles. The molecule has 30 heavy (non-hydrogen) atoms. The predicted molar refractivity (Wildman–Crippen MR) is 111 cm³/mol. The summed E-state index contributed by atoms with van der Waals surface area (Å²) in [6.07, 6.45) is 0.567. The van der Waals surface area contributed by atoms with Crippen LogP contribution in [0.2, 0.25) is 0 Å². The number of halogens is 1. The van der Waals surface area contributed by atoms with Gasteiger partial charge in [0.1, 0.15) is 5.82 Å². The van der Waals surface area contributed by atoms with E-state index in [9.17, 15) is 14.0 Å². The highest BCUT2D eigenvalue weighted by atomic mass is 19.1. The summed E-state index contributed by atoms with van der Waals surface area (Å²) < 4.78 is 23.5. The molecule has 0 saturated carbocycles. The predicted octanol–water partition coefficient (Wildman–Crippen LogP) is 1.85. The number of hydrogen-bond acceptors (Lipinski definition) is 5. The van der Waals surface area contributed by atoms with E-state index in [0.717, 1.165) is 11.3 Å². The lowest BCUT2D eigenvalue weighted by molar-refractivity contribution is -0.146. The van der Waals surface area contributed by atoms with Gasteiger partial charge in [-0.2, -0.15) is 0 Å². The lowest BCUT2D eigenvalue weighted by Crippen LogP contribution is -2.52. The number of nitrogens with one attached hydrogen (secondary N) is 1. The van der Waals surface area contributed by atoms with Crippen molar-refractivity contribution < 1.29 is 23.5 Å². The fraction of sp³-hybridized carbons (Fsp3) is 0.364. The highest BCUT2D eigenvalue weighted by Crippen LogP contribution is 2.27. The molecule has 1 aliphatic rings. The zero-order chi connectivity index (χ0) is 21.5. The Hall–Kier alpha value is -3.29. The van der Waals surface area contributed by atoms with Crippen molar-refractivity contribution in [2.24, 2.45) is 0 Å². The first-order chi connectivity index (χ1) is 14.5. The minimum atomic E-state index is -0.606. The van der Waals surface area contributed by atoms with Gasteiger partial charge in [0.25, 0.3) is 0 Å². The van der Waals surface area contributed by atoms with Gasteiger partial charge in [-0.05, 0) is 48.4 Å². The van der Waals surface area contributed by atoms with E-state index in [1.165, 1.54) is 12.1 Å². The van der Waals surface area contributed by atoms with Gasteiger partial charge in [0.2, 0.25) is 0 Å². The molecular weight excluding hydrogens is 389 g/mol. The third-order valence-corrected chi connectivity index (χ3v) is 5.10. The smallest absolute Gasteiger partial charge is 0.312 e. The van der Waals surface area contributed by atoms with E-state index in [1.807, 2.05) is 18.2 Å². The normalized spacial score (nSPS) is 13.7. The van der Waals surface area contributed by atoms with E-state index in [2.05, 4.69) is 10.2 Å². The minimum absolute atomic E-state index is 0.280. The van der Waals surface area contributed by atoms with E-state index in [4.69, 9.17) is 9.47 Å². The summed E-state index contributed by atoms with van der Waals surface area (Å²) in [5.74, 6) is -0.152. The SMILES string of the molecule is COc1ccc(CCNC(=O)C(=O)N2CCN(c3ccc(F)cc3)CC2)cc1OC. The van der Waals surface area contributed by atoms with Gasteiger partial charge in [-0.15, -0.1) is 0 Å². The fourth-order valence-corrected chi connectivity index (χ4v) is 3.40. The van der Waals surface area contributed by atoms with Crippen LogP contribution in [0, 0.1) is 5.82 Å². The third-order valence-electron chi connectivity index (χ3n) is 5.10. The second-order valence-corrected chi connectivity index (χ2v) is 6.95. The molecule has 7 nitrogen and oxygen atoms in total. The van der Waals surface area contributed by atoms with Crippen molar-refractivity contribution in [2.45, 2.75) is 6.42 Å². The van der Waals surface area contributed by atoms with Crippen LogP contribution in [0.15, 0.2) is 42.5 Å². The van der Waals surface area contributed by atoms with Gasteiger partial charge >= 0.3 is 11.8 Å². The second kappa shape index (κ2) is 9.96. The zero-order valence-corrected chi connectivity index (χ0v) is 17.2. The van der Waals surface area contributed by atoms with Crippen LogP contribution >= 0.6 is 0 Å². The molecule has 0 radical (unpaired) electrons. The number of amides is 2. The van der Waals surface area contributed by atoms with Gasteiger partial charge in [-0.25, -0.2) is 4.39 Å². The highest BCUT2D eigenvalue weighted by Gasteiger charge is 2.25. The van der Waals surface area contributed by atoms with Crippen LogP contribution in [0.3, 0.4) is 0 Å². The largest absolute Gasteiger partial charge is 0.493 e. The van der Waals surface area contributed by atoms with Crippen LogP contribution in [0.25, 0.3) is 0 Å². The molecule has 1 N–H and O–H groups in total. The Morgan fingerprint density at radius 3 is 2.27 bits per heavy atom. The number of benzene rings is 2. The van der Waals surface area contributed by atoms with Crippen molar-refractivity contribution in [3.8, 4) is 11.5 Å². The minimum Gasteiger partial charge on any atom is -0.493 e. The maximum absolute atomic E-state index is 13.1. The standard InChI is InChI=1S/C22H26FN3O4/c1-29-19-8-3-16(15-20(19)30-2)9-10-24-21(27)22(28)26-13-11-25(12-14-26)18-6-4-17(23)5-7-18/h3-8,15H,9-14H2,1-2H3,(H,24,27). The van der Waals surface area contributed by atoms with Gasteiger partial charge in [0.05, 0.1) is 14.2 Å². The van der Waals surface area contributed by atoms with Crippen molar-refractivity contribution in [3.05, 3.63) is 53.8 Å². The molecule has 1 aliphatic heterocycles. The second-order valence-electron chi connectivity index (χ2n) is 6.95. The number of piperazine rings is 1. The average Bonchev–Trinajstić information content (AvgIpc) is 2.79. The third kappa shape index (κ3) is 5.20. The maximum Gasteiger partial charge on any atom is 0.312 e. The number of methoxy groups -OCH3 is 2. The van der Waals surface area contributed by atoms with Crippen molar-refractivity contribution in [1.29, 1.82) is 0 Å². The zero-order valence-electron chi connectivity index (χ0n) is 17.2. The van der Waals surface area contributed by atoms with E-state index in [-0.39, 0.29) is 5.82 Å². The first-order valence-electron chi connectivity index (χ1n) is 9.80. The fourth-order valence-electron chi connectivity index (χ4n) is 3.40. The maximum atomic E-state index is 13.1. The van der Waals surface area contributed by atoms with Crippen molar-refractivity contribution in [2.75, 3.05) is 51.8 Å². The van der Waals surface area contributed by atoms with Crippen LogP contribution in [0.1, 0.15) is 5.56 Å². The Labute approximate surface area is 175 Å². The summed E-state index contributed by atoms with van der Waals surface area (Å²) in [6.45, 7) is 2.42. The quantitative estimate of drug-likeness (QED) is 0.730. The Kier molecular flexibility index (Phi) is 7.11. The van der Waals surface area contributed by atoms with Crippen molar-refractivity contribution in [1.82, 2.24) is 10.2 Å². The number of ether oxygens (including phenoxy) is 2. The molecule has 0 bridgehead atoms. The van der Waals surface area contributed by atoms with Crippen molar-refractivity contribution in [3.63, 3.8) is 0 Å². The van der Waals surface area contributed by atoms with Gasteiger partial charge < -0.3 is 24.6 Å². The van der Waals surface area contributed by atoms with Gasteiger partial charge in [0.15, 0.2) is 11.5 Å². The molecule has 0 spiro atoms. The molecule has 0 aromatic heterocycles. The number of hydrogen-bond donors (Lipinski definition) is 1. The summed E-state index contributed by atoms with van der Waals surface area (Å²) in [4.78, 5) is 28.3. The highest BCUT2D eigenvalue weighted by molar-refractivity contribution is 6.35. The van der Waals surface area contributed by atoms with Gasteiger partial charge in [-0.1, -0.05) is 6.07 Å². The number of anilines is 1. The monoisotopic (exact) mass is 415 g/mol. The van der Waals surface area contributed by atoms with Crippen LogP contribution in [0.5, 0.6) is 11.5 Å². The molecule has 0 aliphatic carbocycles. The Morgan fingerprint density at radius 1 is 0.967 bits per heavy atom. The molecule has 3 rings (SSSR count). The molecular formula is C22H26FN3O4. The Balaban J connectivity index is 1.45. The van der Waals surface area contributed by atoms with Crippen molar-refractivity contribution >= 4 is 17.5 Å². The summed E-state index contributed by atoms with van der Waals surface area (Å²) in [5.41, 5.74) is 1.87. The topological polar surface area (TPSA) is 71.1 Å². The molecule has 2 aromatic rings. The summed E-state index contributed by atoms with van der Waals surface area (Å²) >= 11 is 0. The molecule has 0 unspecified atom stereocenters. The van der Waals surface area contributed by atoms with E-state index in [0.29, 0.717) is 50.6 Å². The molecule has 0 atom stereocenters. The average molecular weight is 415 g/mol. The van der Waals surface area contributed by atoms with E-state index in [1.54, 1.807) is 31.3 Å². The summed E-state index contributed by atoms with van der Waals surface area (Å²) in [5, 5.41) is 2.69. The lowest BCUT2D eigenvalue weighted by atomic mass is 10.1. The van der Waals surface area contributed by atoms with Crippen LogP contribution in [-0.2, 0) is 16.0 Å². The van der Waals surface area contributed by atoms with Crippen LogP contribution < -0.4 is 19.7 Å². The van der Waals surface area contributed by atoms with Gasteiger partial charge in [-0.3, -0.25) is 9.59 Å². The molecule has 160 valence electrons. The number of carbonyl (C=O) groups is 2. The number of rotatable bonds is 6. The molecule has 8 heteroatoms. The number of nitrogens with zero attached hydrogens (tertiary/aromatic N) is 2. The molecule has 1 fully saturated rings. The van der Waals surface area contributed by atoms with E-state index >= 15 is 0 Å². The Morgan fingerprint density at radius 2 is 1.63 bits per heavy atom. The molecule has 1 heterocycles. The lowest BCUT2D eigenvalue weighted by Gasteiger charge is -2.35. The molecule has 2 aromatic carbocycles.